The zero-order valence-electron chi connectivity index (χ0n) is 20.2. The number of rotatable bonds is 8. The molecule has 2 atom stereocenters. The van der Waals surface area contributed by atoms with Gasteiger partial charge in [0.25, 0.3) is 11.8 Å². The number of hydrogen-bond donors (Lipinski definition) is 2. The summed E-state index contributed by atoms with van der Waals surface area (Å²) in [6.45, 7) is 5.94. The largest absolute Gasteiger partial charge is 0.464 e. The number of hydrogen-bond acceptors (Lipinski definition) is 3. The van der Waals surface area contributed by atoms with E-state index in [1.54, 1.807) is 24.3 Å². The third-order valence-corrected chi connectivity index (χ3v) is 6.29. The van der Waals surface area contributed by atoms with E-state index in [0.29, 0.717) is 16.9 Å². The minimum atomic E-state index is -0.680. The highest BCUT2D eigenvalue weighted by molar-refractivity contribution is 5.95. The fourth-order valence-corrected chi connectivity index (χ4v) is 4.35. The second-order valence-electron chi connectivity index (χ2n) is 9.23. The average molecular weight is 467 g/mol. The highest BCUT2D eigenvalue weighted by atomic mass is 16.3. The van der Waals surface area contributed by atoms with E-state index in [0.717, 1.165) is 11.3 Å². The summed E-state index contributed by atoms with van der Waals surface area (Å²) in [5.41, 5.74) is 1.38. The summed E-state index contributed by atoms with van der Waals surface area (Å²) in [7, 11) is 0. The number of carbonyl (C=O) groups excluding carboxylic acids is 2. The molecular weight excluding hydrogens is 436 g/mol. The van der Waals surface area contributed by atoms with E-state index in [1.165, 1.54) is 0 Å². The third kappa shape index (κ3) is 5.52. The molecule has 4 aromatic rings. The standard InChI is InChI=1S/C30H30N2O3/c1-21-19-20-25(35-21)27(32-29(34)24-17-11-6-12-18-24)30(2,3)26(22-13-7-4-8-14-22)31-28(33)23-15-9-5-10-16-23/h4-20,26-27H,1-3H3,(H,31,33)(H,32,34)/t26-,27+/m0/s1. The molecule has 178 valence electrons. The van der Waals surface area contributed by atoms with Crippen molar-refractivity contribution in [2.45, 2.75) is 32.9 Å². The van der Waals surface area contributed by atoms with Crippen molar-refractivity contribution in [3.8, 4) is 0 Å². The van der Waals surface area contributed by atoms with Crippen molar-refractivity contribution in [3.05, 3.63) is 131 Å². The quantitative estimate of drug-likeness (QED) is 0.322. The van der Waals surface area contributed by atoms with Gasteiger partial charge in [0, 0.05) is 16.5 Å². The first-order valence-electron chi connectivity index (χ1n) is 11.7. The zero-order chi connectivity index (χ0) is 24.8. The summed E-state index contributed by atoms with van der Waals surface area (Å²) in [6, 6.07) is 30.8. The molecule has 0 radical (unpaired) electrons. The lowest BCUT2D eigenvalue weighted by molar-refractivity contribution is 0.0777. The molecule has 2 N–H and O–H groups in total. The Kier molecular flexibility index (Phi) is 7.16. The van der Waals surface area contributed by atoms with E-state index in [2.05, 4.69) is 10.6 Å². The van der Waals surface area contributed by atoms with Crippen LogP contribution in [0.1, 0.15) is 63.7 Å². The van der Waals surface area contributed by atoms with Crippen molar-refractivity contribution in [1.82, 2.24) is 10.6 Å². The first kappa shape index (κ1) is 24.0. The molecule has 0 fully saturated rings. The van der Waals surface area contributed by atoms with Crippen LogP contribution < -0.4 is 10.6 Å². The number of amides is 2. The Hall–Kier alpha value is -4.12. The van der Waals surface area contributed by atoms with Gasteiger partial charge < -0.3 is 15.1 Å². The van der Waals surface area contributed by atoms with E-state index in [1.807, 2.05) is 99.6 Å². The van der Waals surface area contributed by atoms with Gasteiger partial charge in [0.1, 0.15) is 11.5 Å². The molecule has 0 unspecified atom stereocenters. The predicted molar refractivity (Wildman–Crippen MR) is 137 cm³/mol. The van der Waals surface area contributed by atoms with Gasteiger partial charge in [0.05, 0.1) is 12.1 Å². The topological polar surface area (TPSA) is 71.3 Å². The number of nitrogens with one attached hydrogen (secondary N) is 2. The third-order valence-electron chi connectivity index (χ3n) is 6.29. The van der Waals surface area contributed by atoms with Crippen LogP contribution in [0.25, 0.3) is 0 Å². The maximum absolute atomic E-state index is 13.3. The molecule has 0 aliphatic carbocycles. The van der Waals surface area contributed by atoms with Crippen LogP contribution in [0.2, 0.25) is 0 Å². The first-order chi connectivity index (χ1) is 16.9. The van der Waals surface area contributed by atoms with Gasteiger partial charge in [-0.2, -0.15) is 0 Å². The Morgan fingerprint density at radius 1 is 0.657 bits per heavy atom. The van der Waals surface area contributed by atoms with Gasteiger partial charge in [0.2, 0.25) is 0 Å². The fourth-order valence-electron chi connectivity index (χ4n) is 4.35. The molecule has 0 saturated carbocycles. The molecule has 0 spiro atoms. The molecular formula is C30H30N2O3. The molecule has 3 aromatic carbocycles. The van der Waals surface area contributed by atoms with Crippen molar-refractivity contribution in [3.63, 3.8) is 0 Å². The maximum atomic E-state index is 13.3. The van der Waals surface area contributed by atoms with Crippen LogP contribution in [0.5, 0.6) is 0 Å². The van der Waals surface area contributed by atoms with Crippen LogP contribution >= 0.6 is 0 Å². The van der Waals surface area contributed by atoms with Gasteiger partial charge in [-0.15, -0.1) is 0 Å². The van der Waals surface area contributed by atoms with E-state index < -0.39 is 17.5 Å². The molecule has 4 rings (SSSR count). The molecule has 5 heteroatoms. The van der Waals surface area contributed by atoms with Gasteiger partial charge in [-0.25, -0.2) is 0 Å². The summed E-state index contributed by atoms with van der Waals surface area (Å²) in [6.07, 6.45) is 0. The Balaban J connectivity index is 1.74. The van der Waals surface area contributed by atoms with E-state index >= 15 is 0 Å². The summed E-state index contributed by atoms with van der Waals surface area (Å²) >= 11 is 0. The molecule has 0 aliphatic heterocycles. The van der Waals surface area contributed by atoms with Crippen LogP contribution in [-0.2, 0) is 0 Å². The number of furan rings is 1. The lowest BCUT2D eigenvalue weighted by Crippen LogP contribution is -2.46. The van der Waals surface area contributed by atoms with Gasteiger partial charge in [-0.05, 0) is 48.9 Å². The van der Waals surface area contributed by atoms with Crippen molar-refractivity contribution in [2.75, 3.05) is 0 Å². The Morgan fingerprint density at radius 2 is 1.11 bits per heavy atom. The fraction of sp³-hybridized carbons (Fsp3) is 0.200. The van der Waals surface area contributed by atoms with Crippen molar-refractivity contribution >= 4 is 11.8 Å². The van der Waals surface area contributed by atoms with Crippen LogP contribution in [0, 0.1) is 12.3 Å². The molecule has 2 amide bonds. The van der Waals surface area contributed by atoms with Crippen molar-refractivity contribution in [1.29, 1.82) is 0 Å². The van der Waals surface area contributed by atoms with Crippen LogP contribution in [0.3, 0.4) is 0 Å². The van der Waals surface area contributed by atoms with E-state index in [4.69, 9.17) is 4.42 Å². The second kappa shape index (κ2) is 10.4. The zero-order valence-corrected chi connectivity index (χ0v) is 20.2. The summed E-state index contributed by atoms with van der Waals surface area (Å²) < 4.78 is 6.02. The summed E-state index contributed by atoms with van der Waals surface area (Å²) in [5, 5.41) is 6.41. The van der Waals surface area contributed by atoms with Crippen LogP contribution in [0.4, 0.5) is 0 Å². The van der Waals surface area contributed by atoms with Crippen LogP contribution in [0.15, 0.2) is 108 Å². The Bertz CT molecular complexity index is 1260. The number of aryl methyl sites for hydroxylation is 1. The monoisotopic (exact) mass is 466 g/mol. The smallest absolute Gasteiger partial charge is 0.251 e. The molecule has 0 saturated heterocycles. The lowest BCUT2D eigenvalue weighted by Gasteiger charge is -2.41. The van der Waals surface area contributed by atoms with Crippen molar-refractivity contribution < 1.29 is 14.0 Å². The number of benzene rings is 3. The summed E-state index contributed by atoms with van der Waals surface area (Å²) in [5.74, 6) is 0.987. The molecule has 1 heterocycles. The highest BCUT2D eigenvalue weighted by Gasteiger charge is 2.42. The highest BCUT2D eigenvalue weighted by Crippen LogP contribution is 2.44. The van der Waals surface area contributed by atoms with Gasteiger partial charge in [-0.1, -0.05) is 80.6 Å². The first-order valence-corrected chi connectivity index (χ1v) is 11.7. The number of carbonyl (C=O) groups is 2. The second-order valence-corrected chi connectivity index (χ2v) is 9.23. The van der Waals surface area contributed by atoms with Gasteiger partial charge in [-0.3, -0.25) is 9.59 Å². The van der Waals surface area contributed by atoms with Gasteiger partial charge in [0.15, 0.2) is 0 Å². The van der Waals surface area contributed by atoms with E-state index in [9.17, 15) is 9.59 Å². The Labute approximate surface area is 206 Å². The molecule has 35 heavy (non-hydrogen) atoms. The molecule has 5 nitrogen and oxygen atoms in total. The van der Waals surface area contributed by atoms with Crippen LogP contribution in [-0.4, -0.2) is 11.8 Å². The SMILES string of the molecule is Cc1ccc([C@@H](NC(=O)c2ccccc2)C(C)(C)[C@@H](NC(=O)c2ccccc2)c2ccccc2)o1. The van der Waals surface area contributed by atoms with Crippen molar-refractivity contribution in [2.24, 2.45) is 5.41 Å². The molecule has 0 bridgehead atoms. The minimum Gasteiger partial charge on any atom is -0.464 e. The maximum Gasteiger partial charge on any atom is 0.251 e. The lowest BCUT2D eigenvalue weighted by atomic mass is 9.73. The summed E-state index contributed by atoms with van der Waals surface area (Å²) in [4.78, 5) is 26.5. The van der Waals surface area contributed by atoms with E-state index in [-0.39, 0.29) is 11.8 Å². The van der Waals surface area contributed by atoms with Gasteiger partial charge >= 0.3 is 0 Å². The molecule has 1 aromatic heterocycles. The average Bonchev–Trinajstić information content (AvgIpc) is 3.32. The normalized spacial score (nSPS) is 13.0. The molecule has 0 aliphatic rings. The Morgan fingerprint density at radius 3 is 1.57 bits per heavy atom. The predicted octanol–water partition coefficient (Wildman–Crippen LogP) is 6.26. The minimum absolute atomic E-state index is 0.184.